The van der Waals surface area contributed by atoms with Crippen LogP contribution in [0, 0.1) is 0 Å². The standard InChI is InChI=1S/C19H14O6/c1-21-16-8-18-17(23-9-24-18)6-12(16)13-5-11-4-10-2-3-22-14(10)7-15(11)25-19(13)20/h2-7,18H,8-9H2,1H3. The van der Waals surface area contributed by atoms with Crippen LogP contribution in [0.3, 0.4) is 0 Å². The van der Waals surface area contributed by atoms with Gasteiger partial charge in [-0.2, -0.15) is 0 Å². The fourth-order valence-corrected chi connectivity index (χ4v) is 3.34. The van der Waals surface area contributed by atoms with Crippen LogP contribution in [0.2, 0.25) is 0 Å². The topological polar surface area (TPSA) is 71.0 Å². The summed E-state index contributed by atoms with van der Waals surface area (Å²) in [5.41, 5.74) is 1.84. The van der Waals surface area contributed by atoms with Crippen molar-refractivity contribution in [1.29, 1.82) is 0 Å². The molecule has 1 atom stereocenters. The van der Waals surface area contributed by atoms with Crippen LogP contribution >= 0.6 is 0 Å². The van der Waals surface area contributed by atoms with E-state index in [4.69, 9.17) is 23.0 Å². The van der Waals surface area contributed by atoms with E-state index in [1.807, 2.05) is 18.2 Å². The zero-order valence-electron chi connectivity index (χ0n) is 13.4. The Bertz CT molecular complexity index is 1110. The summed E-state index contributed by atoms with van der Waals surface area (Å²) in [6, 6.07) is 7.35. The van der Waals surface area contributed by atoms with Crippen LogP contribution in [-0.4, -0.2) is 20.0 Å². The predicted molar refractivity (Wildman–Crippen MR) is 89.7 cm³/mol. The van der Waals surface area contributed by atoms with Crippen LogP contribution in [0.1, 0.15) is 12.0 Å². The number of fused-ring (bicyclic) bond motifs is 3. The first-order valence-electron chi connectivity index (χ1n) is 7.91. The number of benzene rings is 1. The molecule has 3 heterocycles. The number of rotatable bonds is 2. The number of ether oxygens (including phenoxy) is 3. The van der Waals surface area contributed by atoms with Crippen LogP contribution in [0.15, 0.2) is 61.8 Å². The summed E-state index contributed by atoms with van der Waals surface area (Å²) in [4.78, 5) is 12.6. The van der Waals surface area contributed by atoms with Crippen LogP contribution < -0.4 is 5.63 Å². The summed E-state index contributed by atoms with van der Waals surface area (Å²) >= 11 is 0. The lowest BCUT2D eigenvalue weighted by atomic mass is 9.95. The van der Waals surface area contributed by atoms with E-state index in [0.717, 1.165) is 10.8 Å². The molecule has 0 N–H and O–H groups in total. The molecule has 1 aromatic carbocycles. The highest BCUT2D eigenvalue weighted by Gasteiger charge is 2.32. The van der Waals surface area contributed by atoms with Crippen molar-refractivity contribution in [3.63, 3.8) is 0 Å². The summed E-state index contributed by atoms with van der Waals surface area (Å²) in [5, 5.41) is 1.76. The van der Waals surface area contributed by atoms with E-state index in [0.29, 0.717) is 40.2 Å². The van der Waals surface area contributed by atoms with E-state index in [2.05, 4.69) is 0 Å². The highest BCUT2D eigenvalue weighted by atomic mass is 16.7. The molecule has 6 nitrogen and oxygen atoms in total. The molecule has 25 heavy (non-hydrogen) atoms. The Kier molecular flexibility index (Phi) is 3.02. The first kappa shape index (κ1) is 14.4. The SMILES string of the molecule is COC1=C(c2cc3cc4ccoc4cc3oc2=O)C=C2OCOC2C1. The van der Waals surface area contributed by atoms with Crippen molar-refractivity contribution in [2.45, 2.75) is 12.5 Å². The highest BCUT2D eigenvalue weighted by Crippen LogP contribution is 2.36. The molecule has 2 aliphatic rings. The van der Waals surface area contributed by atoms with Gasteiger partial charge < -0.3 is 23.0 Å². The van der Waals surface area contributed by atoms with Gasteiger partial charge in [-0.1, -0.05) is 0 Å². The van der Waals surface area contributed by atoms with Crippen LogP contribution in [-0.2, 0) is 14.2 Å². The van der Waals surface area contributed by atoms with Gasteiger partial charge in [-0.05, 0) is 24.3 Å². The second-order valence-corrected chi connectivity index (χ2v) is 6.01. The second kappa shape index (κ2) is 5.26. The lowest BCUT2D eigenvalue weighted by molar-refractivity contribution is 0.0459. The molecule has 1 saturated heterocycles. The minimum absolute atomic E-state index is 0.156. The maximum Gasteiger partial charge on any atom is 0.344 e. The van der Waals surface area contributed by atoms with Crippen molar-refractivity contribution in [1.82, 2.24) is 0 Å². The Labute approximate surface area is 141 Å². The molecule has 3 aromatic rings. The van der Waals surface area contributed by atoms with Crippen molar-refractivity contribution >= 4 is 27.5 Å². The molecule has 0 spiro atoms. The quantitative estimate of drug-likeness (QED) is 0.666. The zero-order chi connectivity index (χ0) is 17.0. The Hall–Kier alpha value is -2.99. The first-order valence-corrected chi connectivity index (χ1v) is 7.91. The van der Waals surface area contributed by atoms with E-state index < -0.39 is 5.63 Å². The van der Waals surface area contributed by atoms with Gasteiger partial charge in [-0.3, -0.25) is 0 Å². The zero-order valence-corrected chi connectivity index (χ0v) is 13.4. The number of hydrogen-bond donors (Lipinski definition) is 0. The van der Waals surface area contributed by atoms with Gasteiger partial charge in [0.15, 0.2) is 6.79 Å². The van der Waals surface area contributed by atoms with Crippen molar-refractivity contribution < 1.29 is 23.0 Å². The molecule has 2 aromatic heterocycles. The van der Waals surface area contributed by atoms with Crippen LogP contribution in [0.5, 0.6) is 0 Å². The molecule has 0 saturated carbocycles. The van der Waals surface area contributed by atoms with Gasteiger partial charge in [0.1, 0.15) is 28.8 Å². The molecule has 5 rings (SSSR count). The average molecular weight is 338 g/mol. The highest BCUT2D eigenvalue weighted by molar-refractivity contribution is 5.94. The summed E-state index contributed by atoms with van der Waals surface area (Å²) in [5.74, 6) is 1.39. The summed E-state index contributed by atoms with van der Waals surface area (Å²) in [7, 11) is 1.58. The summed E-state index contributed by atoms with van der Waals surface area (Å²) < 4.78 is 27.4. The molecule has 1 fully saturated rings. The monoisotopic (exact) mass is 338 g/mol. The first-order chi connectivity index (χ1) is 12.2. The van der Waals surface area contributed by atoms with Gasteiger partial charge >= 0.3 is 5.63 Å². The maximum atomic E-state index is 12.6. The van der Waals surface area contributed by atoms with E-state index >= 15 is 0 Å². The fourth-order valence-electron chi connectivity index (χ4n) is 3.34. The van der Waals surface area contributed by atoms with E-state index in [1.54, 1.807) is 25.5 Å². The number of furan rings is 1. The largest absolute Gasteiger partial charge is 0.500 e. The molecule has 1 aliphatic carbocycles. The maximum absolute atomic E-state index is 12.6. The third-order valence-corrected chi connectivity index (χ3v) is 4.61. The predicted octanol–water partition coefficient (Wildman–Crippen LogP) is 3.56. The van der Waals surface area contributed by atoms with E-state index in [9.17, 15) is 4.79 Å². The number of hydrogen-bond acceptors (Lipinski definition) is 6. The Balaban J connectivity index is 1.73. The van der Waals surface area contributed by atoms with Gasteiger partial charge in [0.2, 0.25) is 0 Å². The van der Waals surface area contributed by atoms with E-state index in [1.165, 1.54) is 0 Å². The lowest BCUT2D eigenvalue weighted by Crippen LogP contribution is -2.17. The third-order valence-electron chi connectivity index (χ3n) is 4.61. The molecule has 126 valence electrons. The normalized spacial score (nSPS) is 19.9. The smallest absolute Gasteiger partial charge is 0.344 e. The van der Waals surface area contributed by atoms with Gasteiger partial charge in [-0.25, -0.2) is 4.79 Å². The average Bonchev–Trinajstić information content (AvgIpc) is 3.26. The Morgan fingerprint density at radius 1 is 1.16 bits per heavy atom. The van der Waals surface area contributed by atoms with Crippen LogP contribution in [0.4, 0.5) is 0 Å². The molecule has 1 aliphatic heterocycles. The van der Waals surface area contributed by atoms with Gasteiger partial charge in [-0.15, -0.1) is 0 Å². The fraction of sp³-hybridized carbons (Fsp3) is 0.211. The van der Waals surface area contributed by atoms with Gasteiger partial charge in [0.25, 0.3) is 0 Å². The van der Waals surface area contributed by atoms with E-state index in [-0.39, 0.29) is 12.9 Å². The molecule has 0 bridgehead atoms. The van der Waals surface area contributed by atoms with Crippen molar-refractivity contribution in [3.05, 3.63) is 64.1 Å². The lowest BCUT2D eigenvalue weighted by Gasteiger charge is -2.20. The Morgan fingerprint density at radius 3 is 2.96 bits per heavy atom. The molecular formula is C19H14O6. The molecule has 6 heteroatoms. The molecule has 0 radical (unpaired) electrons. The minimum Gasteiger partial charge on any atom is -0.500 e. The molecule has 0 amide bonds. The number of methoxy groups -OCH3 is 1. The van der Waals surface area contributed by atoms with Crippen molar-refractivity contribution in [2.75, 3.05) is 13.9 Å². The van der Waals surface area contributed by atoms with Crippen molar-refractivity contribution in [2.24, 2.45) is 0 Å². The summed E-state index contributed by atoms with van der Waals surface area (Å²) in [6.07, 6.45) is 3.78. The third kappa shape index (κ3) is 2.18. The number of allylic oxidation sites excluding steroid dienone is 2. The Morgan fingerprint density at radius 2 is 2.08 bits per heavy atom. The second-order valence-electron chi connectivity index (χ2n) is 6.01. The van der Waals surface area contributed by atoms with Crippen molar-refractivity contribution in [3.8, 4) is 0 Å². The van der Waals surface area contributed by atoms with Crippen LogP contribution in [0.25, 0.3) is 27.5 Å². The van der Waals surface area contributed by atoms with Gasteiger partial charge in [0, 0.05) is 28.8 Å². The molecular weight excluding hydrogens is 324 g/mol. The van der Waals surface area contributed by atoms with Gasteiger partial charge in [0.05, 0.1) is 18.9 Å². The minimum atomic E-state index is -0.433. The molecule has 1 unspecified atom stereocenters. The summed E-state index contributed by atoms with van der Waals surface area (Å²) in [6.45, 7) is 0.214.